The molecular weight excluding hydrogens is 383 g/mol. The molecule has 0 saturated carbocycles. The van der Waals surface area contributed by atoms with Crippen LogP contribution in [0.3, 0.4) is 0 Å². The highest BCUT2D eigenvalue weighted by molar-refractivity contribution is 6.41. The van der Waals surface area contributed by atoms with Crippen LogP contribution >= 0.6 is 34.8 Å². The van der Waals surface area contributed by atoms with Crippen molar-refractivity contribution in [2.75, 3.05) is 5.43 Å². The molecule has 1 heterocycles. The lowest BCUT2D eigenvalue weighted by atomic mass is 10.1. The fourth-order valence-corrected chi connectivity index (χ4v) is 3.11. The third-order valence-electron chi connectivity index (χ3n) is 3.43. The Bertz CT molecular complexity index is 856. The Hall–Kier alpha value is -2.21. The van der Waals surface area contributed by atoms with Crippen molar-refractivity contribution in [3.63, 3.8) is 0 Å². The molecule has 1 amide bonds. The van der Waals surface area contributed by atoms with Gasteiger partial charge >= 0.3 is 0 Å². The van der Waals surface area contributed by atoms with Gasteiger partial charge in [0.05, 0.1) is 22.3 Å². The highest BCUT2D eigenvalue weighted by Gasteiger charge is 2.10. The van der Waals surface area contributed by atoms with E-state index in [1.165, 1.54) is 12.1 Å². The molecule has 2 N–H and O–H groups in total. The van der Waals surface area contributed by atoms with Crippen LogP contribution in [-0.2, 0) is 6.54 Å². The number of carbonyl (C=O) groups excluding carboxylic acids is 1. The Morgan fingerprint density at radius 2 is 1.76 bits per heavy atom. The van der Waals surface area contributed by atoms with E-state index in [0.717, 1.165) is 5.56 Å². The normalized spacial score (nSPS) is 10.5. The van der Waals surface area contributed by atoms with Crippen LogP contribution in [-0.4, -0.2) is 15.7 Å². The summed E-state index contributed by atoms with van der Waals surface area (Å²) in [5.41, 5.74) is 7.21. The van der Waals surface area contributed by atoms with Crippen molar-refractivity contribution in [2.24, 2.45) is 0 Å². The van der Waals surface area contributed by atoms with Crippen LogP contribution in [0.15, 0.2) is 54.9 Å². The van der Waals surface area contributed by atoms with E-state index in [1.54, 1.807) is 23.0 Å². The van der Waals surface area contributed by atoms with Crippen LogP contribution < -0.4 is 10.9 Å². The van der Waals surface area contributed by atoms with Crippen molar-refractivity contribution in [3.8, 4) is 0 Å². The largest absolute Gasteiger partial charge is 0.295 e. The van der Waals surface area contributed by atoms with Crippen molar-refractivity contribution in [2.45, 2.75) is 6.54 Å². The van der Waals surface area contributed by atoms with E-state index in [2.05, 4.69) is 16.0 Å². The summed E-state index contributed by atoms with van der Waals surface area (Å²) in [4.78, 5) is 12.2. The summed E-state index contributed by atoms with van der Waals surface area (Å²) in [7, 11) is 0. The highest BCUT2D eigenvalue weighted by Crippen LogP contribution is 2.33. The number of benzene rings is 2. The second-order valence-corrected chi connectivity index (χ2v) is 6.47. The summed E-state index contributed by atoms with van der Waals surface area (Å²) in [5, 5.41) is 5.19. The van der Waals surface area contributed by atoms with E-state index >= 15 is 0 Å². The van der Waals surface area contributed by atoms with Crippen molar-refractivity contribution in [3.05, 3.63) is 81.1 Å². The smallest absolute Gasteiger partial charge is 0.269 e. The van der Waals surface area contributed by atoms with Gasteiger partial charge in [-0.05, 0) is 35.9 Å². The van der Waals surface area contributed by atoms with Gasteiger partial charge in [0.15, 0.2) is 0 Å². The summed E-state index contributed by atoms with van der Waals surface area (Å²) < 4.78 is 1.81. The minimum atomic E-state index is -0.312. The molecule has 1 aromatic heterocycles. The molecule has 0 bridgehead atoms. The molecule has 0 spiro atoms. The molecular formula is C17H13Cl3N4O. The van der Waals surface area contributed by atoms with E-state index in [0.29, 0.717) is 32.9 Å². The van der Waals surface area contributed by atoms with Crippen LogP contribution in [0.4, 0.5) is 5.69 Å². The Morgan fingerprint density at radius 3 is 2.36 bits per heavy atom. The lowest BCUT2D eigenvalue weighted by molar-refractivity contribution is 0.0962. The first-order valence-electron chi connectivity index (χ1n) is 7.30. The zero-order valence-electron chi connectivity index (χ0n) is 12.8. The van der Waals surface area contributed by atoms with Crippen molar-refractivity contribution in [1.29, 1.82) is 0 Å². The van der Waals surface area contributed by atoms with Gasteiger partial charge in [0.2, 0.25) is 0 Å². The first-order chi connectivity index (χ1) is 12.0. The minimum Gasteiger partial charge on any atom is -0.295 e. The molecule has 3 rings (SSSR count). The number of hydrazine groups is 1. The molecule has 8 heteroatoms. The third-order valence-corrected chi connectivity index (χ3v) is 4.24. The molecule has 128 valence electrons. The molecule has 0 aliphatic rings. The molecule has 3 aromatic rings. The number of nitrogens with one attached hydrogen (secondary N) is 2. The van der Waals surface area contributed by atoms with E-state index in [4.69, 9.17) is 34.8 Å². The summed E-state index contributed by atoms with van der Waals surface area (Å²) in [6.07, 6.45) is 3.60. The van der Waals surface area contributed by atoms with Crippen LogP contribution in [0.1, 0.15) is 15.9 Å². The highest BCUT2D eigenvalue weighted by atomic mass is 35.5. The first kappa shape index (κ1) is 17.6. The summed E-state index contributed by atoms with van der Waals surface area (Å²) in [6, 6.07) is 12.2. The number of rotatable bonds is 5. The number of aromatic nitrogens is 2. The number of carbonyl (C=O) groups is 1. The topological polar surface area (TPSA) is 59.0 Å². The standard InChI is InChI=1S/C17H13Cl3N4O/c18-13-8-14(19)16(15(20)9-13)22-23-17(25)12-4-2-11(3-5-12)10-24-7-1-6-21-24/h1-9,22H,10H2,(H,23,25). The maximum absolute atomic E-state index is 12.2. The van der Waals surface area contributed by atoms with Gasteiger partial charge in [0, 0.05) is 23.0 Å². The van der Waals surface area contributed by atoms with E-state index in [-0.39, 0.29) is 5.91 Å². The van der Waals surface area contributed by atoms with Gasteiger partial charge in [0.25, 0.3) is 5.91 Å². The van der Waals surface area contributed by atoms with Crippen LogP contribution in [0.5, 0.6) is 0 Å². The summed E-state index contributed by atoms with van der Waals surface area (Å²) in [5.74, 6) is -0.312. The van der Waals surface area contributed by atoms with E-state index in [9.17, 15) is 4.79 Å². The molecule has 0 atom stereocenters. The average Bonchev–Trinajstić information content (AvgIpc) is 3.07. The van der Waals surface area contributed by atoms with Gasteiger partial charge in [-0.25, -0.2) is 0 Å². The Kier molecular flexibility index (Phi) is 5.48. The Labute approximate surface area is 159 Å². The maximum Gasteiger partial charge on any atom is 0.269 e. The Morgan fingerprint density at radius 1 is 1.08 bits per heavy atom. The fourth-order valence-electron chi connectivity index (χ4n) is 2.20. The number of halogens is 3. The number of hydrogen-bond donors (Lipinski definition) is 2. The number of anilines is 1. The van der Waals surface area contributed by atoms with Crippen molar-refractivity contribution < 1.29 is 4.79 Å². The van der Waals surface area contributed by atoms with Gasteiger partial charge < -0.3 is 0 Å². The molecule has 0 fully saturated rings. The first-order valence-corrected chi connectivity index (χ1v) is 8.43. The molecule has 0 unspecified atom stereocenters. The summed E-state index contributed by atoms with van der Waals surface area (Å²) in [6.45, 7) is 0.642. The second kappa shape index (κ2) is 7.78. The van der Waals surface area contributed by atoms with Gasteiger partial charge in [-0.1, -0.05) is 46.9 Å². The molecule has 2 aromatic carbocycles. The molecule has 0 aliphatic heterocycles. The monoisotopic (exact) mass is 394 g/mol. The molecule has 5 nitrogen and oxygen atoms in total. The number of hydrogen-bond acceptors (Lipinski definition) is 3. The lowest BCUT2D eigenvalue weighted by Gasteiger charge is -2.12. The maximum atomic E-state index is 12.2. The number of nitrogens with zero attached hydrogens (tertiary/aromatic N) is 2. The second-order valence-electron chi connectivity index (χ2n) is 5.22. The van der Waals surface area contributed by atoms with Crippen LogP contribution in [0, 0.1) is 0 Å². The average molecular weight is 396 g/mol. The fraction of sp³-hybridized carbons (Fsp3) is 0.0588. The zero-order valence-corrected chi connectivity index (χ0v) is 15.1. The van der Waals surface area contributed by atoms with Gasteiger partial charge in [-0.15, -0.1) is 0 Å². The molecule has 25 heavy (non-hydrogen) atoms. The summed E-state index contributed by atoms with van der Waals surface area (Å²) >= 11 is 18.0. The van der Waals surface area contributed by atoms with Gasteiger partial charge in [-0.3, -0.25) is 20.3 Å². The number of amides is 1. The van der Waals surface area contributed by atoms with Gasteiger partial charge in [0.1, 0.15) is 0 Å². The van der Waals surface area contributed by atoms with Crippen LogP contribution in [0.25, 0.3) is 0 Å². The lowest BCUT2D eigenvalue weighted by Crippen LogP contribution is -2.29. The SMILES string of the molecule is O=C(NNc1c(Cl)cc(Cl)cc1Cl)c1ccc(Cn2cccn2)cc1. The minimum absolute atomic E-state index is 0.312. The van der Waals surface area contributed by atoms with Crippen molar-refractivity contribution in [1.82, 2.24) is 15.2 Å². The predicted molar refractivity (Wildman–Crippen MR) is 100 cm³/mol. The molecule has 0 saturated heterocycles. The van der Waals surface area contributed by atoms with E-state index < -0.39 is 0 Å². The van der Waals surface area contributed by atoms with E-state index in [1.807, 2.05) is 24.4 Å². The van der Waals surface area contributed by atoms with Crippen molar-refractivity contribution >= 4 is 46.4 Å². The third kappa shape index (κ3) is 4.45. The van der Waals surface area contributed by atoms with Gasteiger partial charge in [-0.2, -0.15) is 5.10 Å². The molecule has 0 radical (unpaired) electrons. The molecule has 0 aliphatic carbocycles. The Balaban J connectivity index is 1.63. The van der Waals surface area contributed by atoms with Crippen LogP contribution in [0.2, 0.25) is 15.1 Å². The zero-order chi connectivity index (χ0) is 17.8. The predicted octanol–water partition coefficient (Wildman–Crippen LogP) is 4.65. The quantitative estimate of drug-likeness (QED) is 0.618.